The molecule has 0 aliphatic rings. The zero-order valence-corrected chi connectivity index (χ0v) is 16.2. The Morgan fingerprint density at radius 3 is 2.31 bits per heavy atom. The van der Waals surface area contributed by atoms with Crippen molar-refractivity contribution in [2.45, 2.75) is 31.6 Å². The number of benzene rings is 3. The largest absolute Gasteiger partial charge is 0.495 e. The number of fused-ring (bicyclic) bond motifs is 1. The maximum absolute atomic E-state index is 13.0. The summed E-state index contributed by atoms with van der Waals surface area (Å²) < 4.78 is 34.0. The fraction of sp³-hybridized carbons (Fsp3) is 0.238. The molecule has 0 amide bonds. The van der Waals surface area contributed by atoms with E-state index < -0.39 is 10.0 Å². The van der Waals surface area contributed by atoms with Gasteiger partial charge in [0.1, 0.15) is 10.6 Å². The van der Waals surface area contributed by atoms with Crippen LogP contribution in [-0.2, 0) is 10.0 Å². The minimum atomic E-state index is -3.77. The Bertz CT molecular complexity index is 1060. The lowest BCUT2D eigenvalue weighted by atomic mass is 9.98. The number of sulfonamides is 1. The molecule has 3 rings (SSSR count). The number of ether oxygens (including phenoxy) is 1. The van der Waals surface area contributed by atoms with Crippen molar-refractivity contribution in [3.05, 3.63) is 65.7 Å². The Balaban J connectivity index is 2.05. The summed E-state index contributed by atoms with van der Waals surface area (Å²) in [5.74, 6) is 0.565. The predicted molar refractivity (Wildman–Crippen MR) is 107 cm³/mol. The third-order valence-electron chi connectivity index (χ3n) is 4.47. The average molecular weight is 369 g/mol. The van der Waals surface area contributed by atoms with Gasteiger partial charge in [0.2, 0.25) is 0 Å². The van der Waals surface area contributed by atoms with Crippen LogP contribution in [0, 0.1) is 6.92 Å². The van der Waals surface area contributed by atoms with Gasteiger partial charge in [0, 0.05) is 5.69 Å². The molecule has 0 spiro atoms. The molecule has 4 nitrogen and oxygen atoms in total. The summed E-state index contributed by atoms with van der Waals surface area (Å²) in [5, 5.41) is 2.04. The third kappa shape index (κ3) is 3.53. The van der Waals surface area contributed by atoms with Crippen LogP contribution in [0.15, 0.2) is 59.5 Å². The second-order valence-electron chi connectivity index (χ2n) is 6.68. The molecule has 0 radical (unpaired) electrons. The van der Waals surface area contributed by atoms with Crippen LogP contribution in [0.5, 0.6) is 5.75 Å². The lowest BCUT2D eigenvalue weighted by Gasteiger charge is -2.17. The van der Waals surface area contributed by atoms with Crippen LogP contribution in [-0.4, -0.2) is 15.5 Å². The van der Waals surface area contributed by atoms with Gasteiger partial charge in [-0.25, -0.2) is 8.42 Å². The van der Waals surface area contributed by atoms with Gasteiger partial charge in [0.05, 0.1) is 7.11 Å². The van der Waals surface area contributed by atoms with Crippen molar-refractivity contribution in [2.24, 2.45) is 0 Å². The summed E-state index contributed by atoms with van der Waals surface area (Å²) >= 11 is 0. The van der Waals surface area contributed by atoms with E-state index in [1.54, 1.807) is 18.2 Å². The Kier molecular flexibility index (Phi) is 4.92. The molecule has 0 atom stereocenters. The lowest BCUT2D eigenvalue weighted by molar-refractivity contribution is 0.402. The van der Waals surface area contributed by atoms with Crippen LogP contribution in [0.25, 0.3) is 10.8 Å². The van der Waals surface area contributed by atoms with E-state index in [-0.39, 0.29) is 10.8 Å². The molecule has 0 heterocycles. The zero-order valence-electron chi connectivity index (χ0n) is 15.4. The molecule has 0 aromatic heterocycles. The van der Waals surface area contributed by atoms with E-state index in [1.165, 1.54) is 7.11 Å². The molecule has 3 aromatic carbocycles. The first-order valence-corrected chi connectivity index (χ1v) is 10.0. The van der Waals surface area contributed by atoms with Crippen molar-refractivity contribution >= 4 is 26.5 Å². The Morgan fingerprint density at radius 1 is 0.962 bits per heavy atom. The summed E-state index contributed by atoms with van der Waals surface area (Å²) in [6, 6.07) is 16.8. The van der Waals surface area contributed by atoms with Crippen molar-refractivity contribution in [3.63, 3.8) is 0 Å². The molecule has 136 valence electrons. The average Bonchev–Trinajstić information content (AvgIpc) is 2.60. The Hall–Kier alpha value is -2.53. The molecule has 0 unspecified atom stereocenters. The van der Waals surface area contributed by atoms with Gasteiger partial charge >= 0.3 is 0 Å². The van der Waals surface area contributed by atoms with Crippen molar-refractivity contribution in [1.29, 1.82) is 0 Å². The van der Waals surface area contributed by atoms with Crippen molar-refractivity contribution in [3.8, 4) is 5.75 Å². The first-order valence-electron chi connectivity index (χ1n) is 8.52. The van der Waals surface area contributed by atoms with Crippen LogP contribution < -0.4 is 9.46 Å². The van der Waals surface area contributed by atoms with E-state index in [2.05, 4.69) is 4.72 Å². The van der Waals surface area contributed by atoms with Crippen LogP contribution >= 0.6 is 0 Å². The van der Waals surface area contributed by atoms with Gasteiger partial charge in [-0.15, -0.1) is 0 Å². The van der Waals surface area contributed by atoms with Gasteiger partial charge in [-0.1, -0.05) is 44.2 Å². The van der Waals surface area contributed by atoms with Crippen molar-refractivity contribution < 1.29 is 13.2 Å². The van der Waals surface area contributed by atoms with Crippen molar-refractivity contribution in [1.82, 2.24) is 0 Å². The highest BCUT2D eigenvalue weighted by Crippen LogP contribution is 2.32. The highest BCUT2D eigenvalue weighted by atomic mass is 32.2. The molecule has 3 aromatic rings. The fourth-order valence-corrected chi connectivity index (χ4v) is 4.37. The predicted octanol–water partition coefficient (Wildman–Crippen LogP) is 5.08. The first-order chi connectivity index (χ1) is 12.3. The molecule has 0 aliphatic heterocycles. The number of hydrogen-bond donors (Lipinski definition) is 1. The number of methoxy groups -OCH3 is 1. The number of anilines is 1. The van der Waals surface area contributed by atoms with E-state index in [4.69, 9.17) is 4.74 Å². The maximum atomic E-state index is 13.0. The minimum absolute atomic E-state index is 0.155. The molecular weight excluding hydrogens is 346 g/mol. The number of hydrogen-bond acceptors (Lipinski definition) is 3. The lowest BCUT2D eigenvalue weighted by Crippen LogP contribution is -2.15. The second kappa shape index (κ2) is 7.00. The zero-order chi connectivity index (χ0) is 18.9. The Labute approximate surface area is 154 Å². The standard InChI is InChI=1S/C21H23NO3S/c1-14(2)19-13-21(20(25-4)11-15(19)3)26(23,24)22-18-10-9-16-7-5-6-8-17(16)12-18/h5-14,22H,1-4H3. The summed E-state index contributed by atoms with van der Waals surface area (Å²) in [5.41, 5.74) is 2.53. The highest BCUT2D eigenvalue weighted by Gasteiger charge is 2.22. The van der Waals surface area contributed by atoms with Gasteiger partial charge in [-0.3, -0.25) is 4.72 Å². The van der Waals surface area contributed by atoms with E-state index in [9.17, 15) is 8.42 Å². The smallest absolute Gasteiger partial charge is 0.265 e. The normalized spacial score (nSPS) is 11.7. The van der Waals surface area contributed by atoms with E-state index >= 15 is 0 Å². The van der Waals surface area contributed by atoms with Crippen LogP contribution in [0.4, 0.5) is 5.69 Å². The number of aryl methyl sites for hydroxylation is 1. The molecule has 0 bridgehead atoms. The van der Waals surface area contributed by atoms with Crippen LogP contribution in [0.2, 0.25) is 0 Å². The minimum Gasteiger partial charge on any atom is -0.495 e. The van der Waals surface area contributed by atoms with E-state index in [0.29, 0.717) is 11.4 Å². The summed E-state index contributed by atoms with van der Waals surface area (Å²) in [6.45, 7) is 6.05. The molecule has 5 heteroatoms. The first kappa shape index (κ1) is 18.3. The quantitative estimate of drug-likeness (QED) is 0.682. The number of nitrogens with one attached hydrogen (secondary N) is 1. The highest BCUT2D eigenvalue weighted by molar-refractivity contribution is 7.92. The van der Waals surface area contributed by atoms with E-state index in [1.807, 2.05) is 57.2 Å². The monoisotopic (exact) mass is 369 g/mol. The fourth-order valence-electron chi connectivity index (χ4n) is 3.13. The van der Waals surface area contributed by atoms with Crippen LogP contribution in [0.1, 0.15) is 30.9 Å². The van der Waals surface area contributed by atoms with Crippen molar-refractivity contribution in [2.75, 3.05) is 11.8 Å². The molecule has 0 saturated carbocycles. The molecule has 0 aliphatic carbocycles. The summed E-state index contributed by atoms with van der Waals surface area (Å²) in [6.07, 6.45) is 0. The van der Waals surface area contributed by atoms with Gasteiger partial charge in [-0.2, -0.15) is 0 Å². The second-order valence-corrected chi connectivity index (χ2v) is 8.33. The maximum Gasteiger partial charge on any atom is 0.265 e. The van der Waals surface area contributed by atoms with E-state index in [0.717, 1.165) is 21.9 Å². The summed E-state index contributed by atoms with van der Waals surface area (Å²) in [7, 11) is -2.29. The van der Waals surface area contributed by atoms with Gasteiger partial charge < -0.3 is 4.74 Å². The summed E-state index contributed by atoms with van der Waals surface area (Å²) in [4.78, 5) is 0.155. The molecule has 0 saturated heterocycles. The number of rotatable bonds is 5. The Morgan fingerprint density at radius 2 is 1.65 bits per heavy atom. The van der Waals surface area contributed by atoms with Gasteiger partial charge in [-0.05, 0) is 59.0 Å². The molecule has 0 fully saturated rings. The van der Waals surface area contributed by atoms with Crippen LogP contribution in [0.3, 0.4) is 0 Å². The molecule has 1 N–H and O–H groups in total. The topological polar surface area (TPSA) is 55.4 Å². The SMILES string of the molecule is COc1cc(C)c(C(C)C)cc1S(=O)(=O)Nc1ccc2ccccc2c1. The van der Waals surface area contributed by atoms with Gasteiger partial charge in [0.15, 0.2) is 0 Å². The third-order valence-corrected chi connectivity index (χ3v) is 5.87. The molecule has 26 heavy (non-hydrogen) atoms. The van der Waals surface area contributed by atoms with Gasteiger partial charge in [0.25, 0.3) is 10.0 Å². The molecular formula is C21H23NO3S.